The molecule has 0 aromatic heterocycles. The number of aliphatic imine (C=N–C) groups is 1. The lowest BCUT2D eigenvalue weighted by atomic mass is 9.82. The topological polar surface area (TPSA) is 99.5 Å². The summed E-state index contributed by atoms with van der Waals surface area (Å²) in [6.07, 6.45) is -12.2. The van der Waals surface area contributed by atoms with Gasteiger partial charge in [0, 0.05) is 50.4 Å². The fourth-order valence-electron chi connectivity index (χ4n) is 6.89. The molecular weight excluding hydrogens is 683 g/mol. The summed E-state index contributed by atoms with van der Waals surface area (Å²) >= 11 is 0. The molecule has 49 heavy (non-hydrogen) atoms. The molecule has 6 rings (SSSR count). The first-order valence-corrected chi connectivity index (χ1v) is 16.7. The van der Waals surface area contributed by atoms with E-state index in [9.17, 15) is 49.1 Å². The molecule has 1 fully saturated rings. The number of amides is 1. The van der Waals surface area contributed by atoms with Gasteiger partial charge < -0.3 is 14.7 Å². The lowest BCUT2D eigenvalue weighted by molar-refractivity contribution is -0.376. The zero-order valence-electron chi connectivity index (χ0n) is 25.9. The van der Waals surface area contributed by atoms with Crippen LogP contribution in [0.25, 0.3) is 0 Å². The number of aryl methyl sites for hydroxylation is 1. The molecule has 8 nitrogen and oxygen atoms in total. The van der Waals surface area contributed by atoms with Gasteiger partial charge in [0.15, 0.2) is 5.90 Å². The third-order valence-corrected chi connectivity index (χ3v) is 11.2. The number of fused-ring (bicyclic) bond motifs is 3. The molecule has 3 aromatic carbocycles. The van der Waals surface area contributed by atoms with E-state index >= 15 is 0 Å². The van der Waals surface area contributed by atoms with Crippen molar-refractivity contribution in [1.29, 1.82) is 0 Å². The summed E-state index contributed by atoms with van der Waals surface area (Å²) in [5.41, 5.74) is -6.30. The van der Waals surface area contributed by atoms with Crippen LogP contribution in [0.4, 0.5) is 42.1 Å². The van der Waals surface area contributed by atoms with Crippen LogP contribution in [0.1, 0.15) is 49.3 Å². The number of carbonyl (C=O) groups excluding carboxylic acids is 1. The first-order valence-electron chi connectivity index (χ1n) is 15.3. The monoisotopic (exact) mass is 713 g/mol. The summed E-state index contributed by atoms with van der Waals surface area (Å²) in [5.74, 6) is -0.688. The highest BCUT2D eigenvalue weighted by molar-refractivity contribution is 7.92. The van der Waals surface area contributed by atoms with Crippen molar-refractivity contribution in [3.8, 4) is 0 Å². The molecule has 1 N–H and O–H groups in total. The molecule has 0 radical (unpaired) electrons. The van der Waals surface area contributed by atoms with Gasteiger partial charge in [0.25, 0.3) is 15.6 Å². The Bertz CT molecular complexity index is 1890. The van der Waals surface area contributed by atoms with Crippen molar-refractivity contribution >= 4 is 33.2 Å². The van der Waals surface area contributed by atoms with Crippen LogP contribution < -0.4 is 4.31 Å². The Balaban J connectivity index is 1.31. The standard InChI is InChI=1S/C33H30F7N3O5S/c1-20-41-27-5-3-2-4-26(27)30(48-20)14-16-42(17-15-30)29(44)19-24-10-6-21-18-22(31(45,32(35,36)37)33(38,39)40)7-13-28(21)43(24)49(46,47)25-11-8-23(34)9-12-25/h2-5,7-9,11-13,18,24,45H,6,10,14-17,19H2,1H3. The van der Waals surface area contributed by atoms with Gasteiger partial charge >= 0.3 is 12.4 Å². The average molecular weight is 714 g/mol. The Morgan fingerprint density at radius 3 is 2.24 bits per heavy atom. The predicted molar refractivity (Wildman–Crippen MR) is 163 cm³/mol. The zero-order valence-corrected chi connectivity index (χ0v) is 26.7. The largest absolute Gasteiger partial charge is 0.469 e. The van der Waals surface area contributed by atoms with Crippen molar-refractivity contribution in [3.05, 3.63) is 89.2 Å². The summed E-state index contributed by atoms with van der Waals surface area (Å²) in [7, 11) is -4.63. The molecule has 1 spiro atoms. The van der Waals surface area contributed by atoms with Crippen molar-refractivity contribution in [2.24, 2.45) is 4.99 Å². The number of piperidine rings is 1. The van der Waals surface area contributed by atoms with E-state index < -0.39 is 61.8 Å². The van der Waals surface area contributed by atoms with Crippen molar-refractivity contribution in [2.75, 3.05) is 17.4 Å². The maximum atomic E-state index is 14.0. The van der Waals surface area contributed by atoms with Crippen LogP contribution in [0, 0.1) is 5.82 Å². The summed E-state index contributed by atoms with van der Waals surface area (Å²) in [6.45, 7) is 2.25. The van der Waals surface area contributed by atoms with Crippen LogP contribution in [0.15, 0.2) is 76.6 Å². The highest BCUT2D eigenvalue weighted by atomic mass is 32.2. The van der Waals surface area contributed by atoms with Crippen molar-refractivity contribution < 1.29 is 53.8 Å². The average Bonchev–Trinajstić information content (AvgIpc) is 3.03. The van der Waals surface area contributed by atoms with E-state index in [0.29, 0.717) is 30.9 Å². The number of likely N-dealkylation sites (tertiary alicyclic amines) is 1. The summed E-state index contributed by atoms with van der Waals surface area (Å²) in [6, 6.07) is 11.7. The van der Waals surface area contributed by atoms with Crippen molar-refractivity contribution in [2.45, 2.75) is 73.5 Å². The fourth-order valence-corrected chi connectivity index (χ4v) is 8.60. The van der Waals surface area contributed by atoms with E-state index in [0.717, 1.165) is 45.9 Å². The van der Waals surface area contributed by atoms with Crippen LogP contribution in [0.2, 0.25) is 0 Å². The van der Waals surface area contributed by atoms with Crippen LogP contribution in [-0.2, 0) is 37.2 Å². The Morgan fingerprint density at radius 2 is 1.61 bits per heavy atom. The minimum atomic E-state index is -6.15. The van der Waals surface area contributed by atoms with E-state index in [4.69, 9.17) is 4.74 Å². The maximum Gasteiger partial charge on any atom is 0.430 e. The van der Waals surface area contributed by atoms with Gasteiger partial charge in [0.05, 0.1) is 22.3 Å². The van der Waals surface area contributed by atoms with Gasteiger partial charge in [0.2, 0.25) is 5.91 Å². The number of anilines is 1. The first kappa shape index (κ1) is 34.7. The summed E-state index contributed by atoms with van der Waals surface area (Å²) in [4.78, 5) is 19.3. The number of para-hydroxylation sites is 1. The van der Waals surface area contributed by atoms with Crippen LogP contribution in [0.5, 0.6) is 0 Å². The maximum absolute atomic E-state index is 14.0. The molecule has 1 unspecified atom stereocenters. The van der Waals surface area contributed by atoms with Gasteiger partial charge in [0.1, 0.15) is 11.4 Å². The first-order chi connectivity index (χ1) is 22.9. The Labute approximate surface area is 276 Å². The van der Waals surface area contributed by atoms with Crippen molar-refractivity contribution in [3.63, 3.8) is 0 Å². The van der Waals surface area contributed by atoms with Crippen LogP contribution in [-0.4, -0.2) is 61.7 Å². The number of carbonyl (C=O) groups is 1. The zero-order chi connectivity index (χ0) is 35.6. The predicted octanol–water partition coefficient (Wildman–Crippen LogP) is 6.64. The number of rotatable bonds is 5. The molecule has 3 aliphatic heterocycles. The molecule has 0 aliphatic carbocycles. The van der Waals surface area contributed by atoms with Gasteiger partial charge in [-0.3, -0.25) is 9.10 Å². The smallest absolute Gasteiger partial charge is 0.430 e. The lowest BCUT2D eigenvalue weighted by Crippen LogP contribution is -2.54. The Morgan fingerprint density at radius 1 is 0.980 bits per heavy atom. The number of aliphatic hydroxyl groups is 1. The molecule has 262 valence electrons. The molecule has 3 heterocycles. The van der Waals surface area contributed by atoms with Crippen LogP contribution >= 0.6 is 0 Å². The Hall–Kier alpha value is -4.18. The van der Waals surface area contributed by atoms with Gasteiger partial charge in [-0.05, 0) is 54.8 Å². The normalized spacial score (nSPS) is 19.5. The third-order valence-electron chi connectivity index (χ3n) is 9.35. The number of ether oxygens (including phenoxy) is 1. The number of nitrogens with zero attached hydrogens (tertiary/aromatic N) is 3. The molecule has 1 saturated heterocycles. The number of alkyl halides is 6. The second kappa shape index (κ2) is 12.0. The van der Waals surface area contributed by atoms with Gasteiger partial charge in [-0.15, -0.1) is 0 Å². The van der Waals surface area contributed by atoms with E-state index in [1.54, 1.807) is 11.8 Å². The number of halogens is 7. The lowest BCUT2D eigenvalue weighted by Gasteiger charge is -2.44. The number of sulfonamides is 1. The fraction of sp³-hybridized carbons (Fsp3) is 0.394. The number of hydrogen-bond donors (Lipinski definition) is 1. The van der Waals surface area contributed by atoms with E-state index in [1.165, 1.54) is 0 Å². The van der Waals surface area contributed by atoms with E-state index in [2.05, 4.69) is 4.99 Å². The molecular formula is C33H30F7N3O5S. The van der Waals surface area contributed by atoms with Gasteiger partial charge in [-0.25, -0.2) is 17.8 Å². The highest BCUT2D eigenvalue weighted by Crippen LogP contribution is 2.51. The second-order valence-corrected chi connectivity index (χ2v) is 14.1. The number of benzene rings is 3. The third kappa shape index (κ3) is 5.92. The number of hydrogen-bond acceptors (Lipinski definition) is 6. The Kier molecular flexibility index (Phi) is 8.49. The quantitative estimate of drug-likeness (QED) is 0.299. The van der Waals surface area contributed by atoms with E-state index in [1.807, 2.05) is 24.3 Å². The molecule has 16 heteroatoms. The second-order valence-electron chi connectivity index (χ2n) is 12.3. The van der Waals surface area contributed by atoms with Crippen molar-refractivity contribution in [1.82, 2.24) is 4.90 Å². The molecule has 3 aromatic rings. The SMILES string of the molecule is CC1=Nc2ccccc2C2(CCN(C(=O)CC3CCc4cc(C(O)(C(F)(F)F)C(F)(F)F)ccc4N3S(=O)(=O)c3ccc(F)cc3)CC2)O1. The summed E-state index contributed by atoms with van der Waals surface area (Å²) < 4.78 is 131. The van der Waals surface area contributed by atoms with Crippen LogP contribution in [0.3, 0.4) is 0 Å². The highest BCUT2D eigenvalue weighted by Gasteiger charge is 2.71. The van der Waals surface area contributed by atoms with E-state index in [-0.39, 0.29) is 43.6 Å². The molecule has 0 bridgehead atoms. The minimum absolute atomic E-state index is 0.150. The molecule has 1 amide bonds. The summed E-state index contributed by atoms with van der Waals surface area (Å²) in [5, 5.41) is 9.98. The molecule has 1 atom stereocenters. The molecule has 3 aliphatic rings. The molecule has 0 saturated carbocycles. The van der Waals surface area contributed by atoms with Gasteiger partial charge in [-0.1, -0.05) is 30.3 Å². The minimum Gasteiger partial charge on any atom is -0.469 e. The van der Waals surface area contributed by atoms with Gasteiger partial charge in [-0.2, -0.15) is 26.3 Å².